The van der Waals surface area contributed by atoms with Crippen LogP contribution in [0, 0.1) is 0 Å². The van der Waals surface area contributed by atoms with Crippen molar-refractivity contribution in [3.63, 3.8) is 0 Å². The van der Waals surface area contributed by atoms with E-state index in [4.69, 9.17) is 42.0 Å². The van der Waals surface area contributed by atoms with Crippen LogP contribution in [-0.2, 0) is 75.3 Å². The number of rotatable bonds is 20. The summed E-state index contributed by atoms with van der Waals surface area (Å²) in [6, 6.07) is -1.36. The highest BCUT2D eigenvalue weighted by molar-refractivity contribution is 7.48. The van der Waals surface area contributed by atoms with Gasteiger partial charge in [-0.2, -0.15) is 0 Å². The molecule has 0 aromatic rings. The van der Waals surface area contributed by atoms with E-state index in [0.29, 0.717) is 25.7 Å². The Morgan fingerprint density at radius 1 is 0.851 bits per heavy atom. The lowest BCUT2D eigenvalue weighted by Gasteiger charge is -2.48. The minimum Gasteiger partial charge on any atom is -0.467 e. The molecule has 1 aliphatic heterocycles. The van der Waals surface area contributed by atoms with Crippen molar-refractivity contribution in [1.82, 2.24) is 5.32 Å². The van der Waals surface area contributed by atoms with Crippen molar-refractivity contribution in [2.24, 2.45) is 0 Å². The van der Waals surface area contributed by atoms with E-state index in [1.807, 2.05) is 13.8 Å². The van der Waals surface area contributed by atoms with E-state index >= 15 is 0 Å². The second kappa shape index (κ2) is 20.3. The monoisotopic (exact) mass is 697 g/mol. The summed E-state index contributed by atoms with van der Waals surface area (Å²) in [7, 11) is -3.29. The Morgan fingerprint density at radius 3 is 1.87 bits per heavy atom. The van der Waals surface area contributed by atoms with Crippen molar-refractivity contribution in [1.29, 1.82) is 0 Å². The van der Waals surface area contributed by atoms with Gasteiger partial charge in [0.1, 0.15) is 18.8 Å². The van der Waals surface area contributed by atoms with Gasteiger partial charge in [-0.25, -0.2) is 9.36 Å². The minimum absolute atomic E-state index is 0.00400. The smallest absolute Gasteiger partial charge is 0.467 e. The highest BCUT2D eigenvalue weighted by Gasteiger charge is 2.59. The molecular formula is C29H48NO16P. The Morgan fingerprint density at radius 2 is 1.43 bits per heavy atom. The van der Waals surface area contributed by atoms with Crippen molar-refractivity contribution in [2.75, 3.05) is 33.5 Å². The number of unbranched alkanes of at least 4 members (excludes halogenated alkanes) is 2. The molecule has 17 nitrogen and oxygen atoms in total. The predicted octanol–water partition coefficient (Wildman–Crippen LogP) is 2.31. The standard InChI is InChI=1S/C29H48NO16P/c1-9-11-13-40-47(37,41-14-12-10-2)42-17-29(28(36)38-8)15-23(43-20(5)33)25(30-18(3)31)27(46-29)26(45-22(7)35)24(44-21(6)34)16-39-19(4)32/h23-27H,9-17H2,1-8H3,(H,30,31)/t23-,24-,25-,26-,27?,29+/m1/s1. The Hall–Kier alpha value is -3.11. The number of hydrogen-bond acceptors (Lipinski definition) is 16. The highest BCUT2D eigenvalue weighted by atomic mass is 31.2. The maximum atomic E-state index is 13.7. The van der Waals surface area contributed by atoms with Crippen LogP contribution in [0.25, 0.3) is 0 Å². The van der Waals surface area contributed by atoms with E-state index in [0.717, 1.165) is 41.7 Å². The van der Waals surface area contributed by atoms with Gasteiger partial charge in [0.25, 0.3) is 0 Å². The summed E-state index contributed by atoms with van der Waals surface area (Å²) in [5.41, 5.74) is -2.27. The second-order valence-electron chi connectivity index (χ2n) is 10.8. The zero-order valence-electron chi connectivity index (χ0n) is 28.2. The average Bonchev–Trinajstić information content (AvgIpc) is 2.97. The third kappa shape index (κ3) is 14.3. The fourth-order valence-electron chi connectivity index (χ4n) is 4.62. The van der Waals surface area contributed by atoms with Gasteiger partial charge in [0.05, 0.1) is 33.0 Å². The van der Waals surface area contributed by atoms with Gasteiger partial charge in [0.15, 0.2) is 17.8 Å². The molecule has 1 N–H and O–H groups in total. The van der Waals surface area contributed by atoms with Crippen LogP contribution in [0.5, 0.6) is 0 Å². The first-order chi connectivity index (χ1) is 22.0. The van der Waals surface area contributed by atoms with Crippen LogP contribution in [0.1, 0.15) is 80.6 Å². The highest BCUT2D eigenvalue weighted by Crippen LogP contribution is 2.51. The molecule has 1 aliphatic rings. The van der Waals surface area contributed by atoms with Crippen LogP contribution in [0.3, 0.4) is 0 Å². The fourth-order valence-corrected chi connectivity index (χ4v) is 5.91. The Bertz CT molecular complexity index is 1120. The predicted molar refractivity (Wildman–Crippen MR) is 160 cm³/mol. The van der Waals surface area contributed by atoms with Crippen LogP contribution in [0.4, 0.5) is 0 Å². The lowest BCUT2D eigenvalue weighted by molar-refractivity contribution is -0.247. The molecule has 0 aromatic carbocycles. The first kappa shape index (κ1) is 41.9. The first-order valence-corrected chi connectivity index (χ1v) is 16.7. The Labute approximate surface area is 274 Å². The molecule has 0 aromatic heterocycles. The van der Waals surface area contributed by atoms with Crippen molar-refractivity contribution in [3.8, 4) is 0 Å². The molecule has 0 radical (unpaired) electrons. The maximum Gasteiger partial charge on any atom is 0.474 e. The number of nitrogens with one attached hydrogen (secondary N) is 1. The van der Waals surface area contributed by atoms with Crippen molar-refractivity contribution in [3.05, 3.63) is 0 Å². The number of phosphoric ester groups is 1. The first-order valence-electron chi connectivity index (χ1n) is 15.2. The molecule has 1 amide bonds. The van der Waals surface area contributed by atoms with Gasteiger partial charge in [-0.05, 0) is 12.8 Å². The zero-order valence-corrected chi connectivity index (χ0v) is 29.1. The summed E-state index contributed by atoms with van der Waals surface area (Å²) in [5, 5.41) is 2.57. The molecule has 1 heterocycles. The van der Waals surface area contributed by atoms with Crippen LogP contribution in [-0.4, -0.2) is 105 Å². The normalized spacial score (nSPS) is 22.3. The number of carbonyl (C=O) groups excluding carboxylic acids is 6. The van der Waals surface area contributed by atoms with E-state index in [2.05, 4.69) is 5.32 Å². The molecule has 1 unspecified atom stereocenters. The molecule has 0 spiro atoms. The molecule has 6 atom stereocenters. The van der Waals surface area contributed by atoms with E-state index < -0.39 is 99.3 Å². The lowest BCUT2D eigenvalue weighted by atomic mass is 9.83. The van der Waals surface area contributed by atoms with Gasteiger partial charge < -0.3 is 33.7 Å². The SMILES string of the molecule is CCCCOP(=O)(OCCCC)OC[C@]1(C(=O)OC)C[C@@H](OC(C)=O)[C@@H](NC(C)=O)C([C@H](OC(C)=O)[C@@H](COC(C)=O)OC(C)=O)O1. The third-order valence-electron chi connectivity index (χ3n) is 6.60. The average molecular weight is 698 g/mol. The van der Waals surface area contributed by atoms with Gasteiger partial charge >= 0.3 is 37.7 Å². The number of amides is 1. The quantitative estimate of drug-likeness (QED) is 0.0836. The number of phosphoric acid groups is 1. The molecule has 18 heteroatoms. The minimum atomic E-state index is -4.33. The Kier molecular flexibility index (Phi) is 18.1. The molecule has 1 fully saturated rings. The molecule has 270 valence electrons. The summed E-state index contributed by atoms with van der Waals surface area (Å²) in [6.45, 7) is 7.66. The summed E-state index contributed by atoms with van der Waals surface area (Å²) < 4.78 is 63.0. The van der Waals surface area contributed by atoms with Crippen molar-refractivity contribution >= 4 is 43.6 Å². The van der Waals surface area contributed by atoms with Gasteiger partial charge in [-0.15, -0.1) is 0 Å². The largest absolute Gasteiger partial charge is 0.474 e. The van der Waals surface area contributed by atoms with Gasteiger partial charge in [0, 0.05) is 41.0 Å². The van der Waals surface area contributed by atoms with Crippen molar-refractivity contribution < 1.29 is 75.3 Å². The summed E-state index contributed by atoms with van der Waals surface area (Å²) in [4.78, 5) is 74.4. The lowest BCUT2D eigenvalue weighted by Crippen LogP contribution is -2.69. The number of ether oxygens (including phenoxy) is 6. The van der Waals surface area contributed by atoms with E-state index in [1.54, 1.807) is 0 Å². The molecular weight excluding hydrogens is 649 g/mol. The van der Waals surface area contributed by atoms with Gasteiger partial charge in [-0.3, -0.25) is 37.5 Å². The van der Waals surface area contributed by atoms with Crippen molar-refractivity contribution in [2.45, 2.75) is 117 Å². The van der Waals surface area contributed by atoms with Crippen LogP contribution < -0.4 is 5.32 Å². The van der Waals surface area contributed by atoms with E-state index in [1.165, 1.54) is 0 Å². The summed E-state index contributed by atoms with van der Waals surface area (Å²) in [6.07, 6.45) is -4.43. The number of esters is 5. The number of hydrogen-bond donors (Lipinski definition) is 1. The second-order valence-corrected chi connectivity index (χ2v) is 12.4. The van der Waals surface area contributed by atoms with E-state index in [9.17, 15) is 33.3 Å². The number of methoxy groups -OCH3 is 1. The van der Waals surface area contributed by atoms with Crippen LogP contribution >= 0.6 is 7.82 Å². The Balaban J connectivity index is 3.86. The topological polar surface area (TPSA) is 215 Å². The molecule has 0 bridgehead atoms. The van der Waals surface area contributed by atoms with Gasteiger partial charge in [-0.1, -0.05) is 26.7 Å². The number of carbonyl (C=O) groups is 6. The molecule has 47 heavy (non-hydrogen) atoms. The maximum absolute atomic E-state index is 13.7. The molecule has 0 aliphatic carbocycles. The fraction of sp³-hybridized carbons (Fsp3) is 0.793. The van der Waals surface area contributed by atoms with E-state index in [-0.39, 0.29) is 13.2 Å². The van der Waals surface area contributed by atoms with Crippen LogP contribution in [0.2, 0.25) is 0 Å². The summed E-state index contributed by atoms with van der Waals surface area (Å²) in [5.74, 6) is -5.15. The molecule has 0 saturated carbocycles. The third-order valence-corrected chi connectivity index (χ3v) is 8.05. The zero-order chi connectivity index (χ0) is 35.8. The van der Waals surface area contributed by atoms with Crippen LogP contribution in [0.15, 0.2) is 0 Å². The van der Waals surface area contributed by atoms with Gasteiger partial charge in [0.2, 0.25) is 5.91 Å². The molecule has 1 rings (SSSR count). The molecule has 1 saturated heterocycles. The summed E-state index contributed by atoms with van der Waals surface area (Å²) >= 11 is 0.